The van der Waals surface area contributed by atoms with E-state index in [9.17, 15) is 19.1 Å². The molecule has 3 N–H and O–H groups in total. The highest BCUT2D eigenvalue weighted by Crippen LogP contribution is 2.40. The zero-order chi connectivity index (χ0) is 14.9. The normalized spacial score (nSPS) is 33.5. The molecule has 0 spiro atoms. The third kappa shape index (κ3) is 2.52. The number of nitrogens with zero attached hydrogens (tertiary/aromatic N) is 1. The van der Waals surface area contributed by atoms with E-state index >= 15 is 0 Å². The maximum absolute atomic E-state index is 14.6. The summed E-state index contributed by atoms with van der Waals surface area (Å²) in [5, 5.41) is 18.4. The lowest BCUT2D eigenvalue weighted by atomic mass is 9.98. The van der Waals surface area contributed by atoms with Gasteiger partial charge in [0, 0.05) is 12.3 Å². The Morgan fingerprint density at radius 3 is 2.90 bits per heavy atom. The van der Waals surface area contributed by atoms with Gasteiger partial charge in [0.1, 0.15) is 19.0 Å². The van der Waals surface area contributed by atoms with Gasteiger partial charge in [-0.05, 0) is 6.92 Å². The van der Waals surface area contributed by atoms with Crippen molar-refractivity contribution in [1.82, 2.24) is 9.55 Å². The summed E-state index contributed by atoms with van der Waals surface area (Å²) in [5.41, 5.74) is -3.72. The molecule has 4 atom stereocenters. The summed E-state index contributed by atoms with van der Waals surface area (Å²) >= 11 is 0. The minimum absolute atomic E-state index is 0.230. The Morgan fingerprint density at radius 2 is 2.30 bits per heavy atom. The van der Waals surface area contributed by atoms with E-state index in [1.165, 1.54) is 0 Å². The fourth-order valence-corrected chi connectivity index (χ4v) is 2.13. The zero-order valence-corrected chi connectivity index (χ0v) is 10.7. The minimum atomic E-state index is -2.26. The van der Waals surface area contributed by atoms with Gasteiger partial charge in [0.2, 0.25) is 0 Å². The molecule has 1 aromatic rings. The van der Waals surface area contributed by atoms with Crippen molar-refractivity contribution < 1.29 is 24.1 Å². The molecule has 0 amide bonds. The molecule has 112 valence electrons. The van der Waals surface area contributed by atoms with Gasteiger partial charge in [0.05, 0.1) is 6.61 Å². The fraction of sp³-hybridized carbons (Fsp3) is 0.636. The molecule has 1 saturated heterocycles. The van der Waals surface area contributed by atoms with Crippen LogP contribution in [0.1, 0.15) is 13.2 Å². The second-order valence-corrected chi connectivity index (χ2v) is 4.64. The summed E-state index contributed by atoms with van der Waals surface area (Å²) in [6.45, 7) is 0.253. The van der Waals surface area contributed by atoms with Crippen molar-refractivity contribution in [2.45, 2.75) is 31.0 Å². The van der Waals surface area contributed by atoms with Gasteiger partial charge in [-0.25, -0.2) is 9.18 Å². The van der Waals surface area contributed by atoms with E-state index in [1.54, 1.807) is 0 Å². The smallest absolute Gasteiger partial charge is 0.330 e. The number of aliphatic hydroxyl groups excluding tert-OH is 2. The number of H-pyrrole nitrogens is 1. The molecule has 1 unspecified atom stereocenters. The average molecular weight is 290 g/mol. The maximum Gasteiger partial charge on any atom is 0.330 e. The van der Waals surface area contributed by atoms with Crippen molar-refractivity contribution in [3.63, 3.8) is 0 Å². The van der Waals surface area contributed by atoms with Crippen LogP contribution < -0.4 is 11.2 Å². The summed E-state index contributed by atoms with van der Waals surface area (Å²) < 4.78 is 25.4. The highest BCUT2D eigenvalue weighted by atomic mass is 19.1. The molecular formula is C11H15FN2O6. The average Bonchev–Trinajstić information content (AvgIpc) is 2.60. The lowest BCUT2D eigenvalue weighted by Gasteiger charge is -2.24. The molecule has 0 aromatic carbocycles. The summed E-state index contributed by atoms with van der Waals surface area (Å²) in [7, 11) is 0. The Labute approximate surface area is 112 Å². The molecule has 9 heteroatoms. The van der Waals surface area contributed by atoms with E-state index in [1.807, 2.05) is 4.98 Å². The quantitative estimate of drug-likeness (QED) is 0.581. The second kappa shape index (κ2) is 5.44. The van der Waals surface area contributed by atoms with Crippen LogP contribution in [0, 0.1) is 0 Å². The van der Waals surface area contributed by atoms with Crippen LogP contribution in [0.4, 0.5) is 4.39 Å². The van der Waals surface area contributed by atoms with Crippen molar-refractivity contribution in [3.8, 4) is 0 Å². The van der Waals surface area contributed by atoms with Gasteiger partial charge in [-0.3, -0.25) is 14.3 Å². The van der Waals surface area contributed by atoms with Crippen LogP contribution in [0.3, 0.4) is 0 Å². The number of halogens is 1. The SMILES string of the molecule is C[C@@]1(F)[C@H](O)C(COCO)O[C@H]1n1ccc(=O)[nH]c1=O. The molecular weight excluding hydrogens is 275 g/mol. The van der Waals surface area contributed by atoms with E-state index in [2.05, 4.69) is 4.74 Å². The zero-order valence-electron chi connectivity index (χ0n) is 10.7. The first kappa shape index (κ1) is 14.9. The highest BCUT2D eigenvalue weighted by Gasteiger charge is 2.55. The Kier molecular flexibility index (Phi) is 4.04. The highest BCUT2D eigenvalue weighted by molar-refractivity contribution is 5.01. The molecule has 2 rings (SSSR count). The number of aliphatic hydroxyl groups is 2. The molecule has 1 fully saturated rings. The van der Waals surface area contributed by atoms with Crippen LogP contribution in [0.25, 0.3) is 0 Å². The van der Waals surface area contributed by atoms with Crippen LogP contribution in [-0.4, -0.2) is 51.0 Å². The Morgan fingerprint density at radius 1 is 1.60 bits per heavy atom. The van der Waals surface area contributed by atoms with Crippen molar-refractivity contribution in [1.29, 1.82) is 0 Å². The number of ether oxygens (including phenoxy) is 2. The number of hydrogen-bond donors (Lipinski definition) is 3. The van der Waals surface area contributed by atoms with Gasteiger partial charge in [-0.15, -0.1) is 0 Å². The number of hydrogen-bond acceptors (Lipinski definition) is 6. The Hall–Kier alpha value is -1.55. The summed E-state index contributed by atoms with van der Waals surface area (Å²) in [4.78, 5) is 24.6. The minimum Gasteiger partial charge on any atom is -0.387 e. The first-order valence-corrected chi connectivity index (χ1v) is 5.90. The maximum atomic E-state index is 14.6. The molecule has 1 aromatic heterocycles. The van der Waals surface area contributed by atoms with Gasteiger partial charge in [-0.1, -0.05) is 0 Å². The Bertz CT molecular complexity index is 583. The van der Waals surface area contributed by atoms with E-state index in [0.717, 1.165) is 23.8 Å². The van der Waals surface area contributed by atoms with Crippen molar-refractivity contribution in [2.24, 2.45) is 0 Å². The largest absolute Gasteiger partial charge is 0.387 e. The number of nitrogens with one attached hydrogen (secondary N) is 1. The van der Waals surface area contributed by atoms with Crippen LogP contribution in [-0.2, 0) is 9.47 Å². The fourth-order valence-electron chi connectivity index (χ4n) is 2.13. The number of aromatic amines is 1. The number of rotatable bonds is 4. The third-order valence-corrected chi connectivity index (χ3v) is 3.19. The van der Waals surface area contributed by atoms with Crippen LogP contribution in [0.15, 0.2) is 21.9 Å². The monoisotopic (exact) mass is 290 g/mol. The molecule has 1 aliphatic heterocycles. The van der Waals surface area contributed by atoms with Crippen LogP contribution >= 0.6 is 0 Å². The van der Waals surface area contributed by atoms with Crippen molar-refractivity contribution in [2.75, 3.05) is 13.4 Å². The predicted molar refractivity (Wildman–Crippen MR) is 63.8 cm³/mol. The molecule has 0 aliphatic carbocycles. The first-order chi connectivity index (χ1) is 9.37. The summed E-state index contributed by atoms with van der Waals surface area (Å²) in [6.07, 6.45) is -2.90. The van der Waals surface area contributed by atoms with Gasteiger partial charge in [0.25, 0.3) is 5.56 Å². The molecule has 0 radical (unpaired) electrons. The number of aromatic nitrogens is 2. The van der Waals surface area contributed by atoms with E-state index in [0.29, 0.717) is 0 Å². The van der Waals surface area contributed by atoms with E-state index in [4.69, 9.17) is 9.84 Å². The standard InChI is InChI=1S/C11H15FN2O6/c1-11(12)8(17)6(4-19-5-15)20-9(11)14-3-2-7(16)13-10(14)18/h2-3,6,8-9,15,17H,4-5H2,1H3,(H,13,16,18)/t6?,8-,9-,11-/m1/s1. The topological polar surface area (TPSA) is 114 Å². The van der Waals surface area contributed by atoms with E-state index < -0.39 is 42.1 Å². The van der Waals surface area contributed by atoms with Gasteiger partial charge in [0.15, 0.2) is 11.9 Å². The van der Waals surface area contributed by atoms with Crippen molar-refractivity contribution in [3.05, 3.63) is 33.1 Å². The lowest BCUT2D eigenvalue weighted by Crippen LogP contribution is -2.43. The van der Waals surface area contributed by atoms with Gasteiger partial charge in [-0.2, -0.15) is 0 Å². The third-order valence-electron chi connectivity index (χ3n) is 3.19. The molecule has 8 nitrogen and oxygen atoms in total. The molecule has 0 bridgehead atoms. The van der Waals surface area contributed by atoms with Crippen LogP contribution in [0.2, 0.25) is 0 Å². The second-order valence-electron chi connectivity index (χ2n) is 4.64. The number of alkyl halides is 1. The summed E-state index contributed by atoms with van der Waals surface area (Å²) in [6, 6.07) is 1.05. The lowest BCUT2D eigenvalue weighted by molar-refractivity contribution is -0.0948. The summed E-state index contributed by atoms with van der Waals surface area (Å²) in [5.74, 6) is 0. The predicted octanol–water partition coefficient (Wildman–Crippen LogP) is -1.51. The van der Waals surface area contributed by atoms with E-state index in [-0.39, 0.29) is 6.61 Å². The Balaban J connectivity index is 2.32. The first-order valence-electron chi connectivity index (χ1n) is 5.90. The van der Waals surface area contributed by atoms with Crippen molar-refractivity contribution >= 4 is 0 Å². The van der Waals surface area contributed by atoms with Gasteiger partial charge >= 0.3 is 5.69 Å². The molecule has 0 saturated carbocycles. The van der Waals surface area contributed by atoms with Crippen LogP contribution in [0.5, 0.6) is 0 Å². The molecule has 2 heterocycles. The van der Waals surface area contributed by atoms with Gasteiger partial charge < -0.3 is 19.7 Å². The molecule has 1 aliphatic rings. The molecule has 20 heavy (non-hydrogen) atoms.